The molecule has 0 saturated carbocycles. The zero-order valence-corrected chi connectivity index (χ0v) is 11.4. The molecule has 0 aromatic carbocycles. The Morgan fingerprint density at radius 1 is 0.917 bits per heavy atom. The Kier molecular flexibility index (Phi) is 7.15. The Balaban J connectivity index is 3.64. The molecule has 2 heteroatoms. The highest BCUT2D eigenvalue weighted by Gasteiger charge is 2.18. The first-order chi connectivity index (χ1) is 5.59. The summed E-state index contributed by atoms with van der Waals surface area (Å²) in [5.41, 5.74) is 0. The molecule has 0 nitrogen and oxygen atoms in total. The van der Waals surface area contributed by atoms with E-state index in [0.717, 1.165) is 5.16 Å². The average molecular weight is 200 g/mol. The van der Waals surface area contributed by atoms with E-state index < -0.39 is 0 Å². The predicted octanol–water partition coefficient (Wildman–Crippen LogP) is 3.98. The van der Waals surface area contributed by atoms with E-state index in [2.05, 4.69) is 33.1 Å². The van der Waals surface area contributed by atoms with Gasteiger partial charge in [0, 0.05) is 17.6 Å². The second-order valence-corrected chi connectivity index (χ2v) is 10.5. The summed E-state index contributed by atoms with van der Waals surface area (Å²) in [6.07, 6.45) is 5.82. The Morgan fingerprint density at radius 2 is 1.42 bits per heavy atom. The van der Waals surface area contributed by atoms with Crippen molar-refractivity contribution in [1.82, 2.24) is 0 Å². The maximum absolute atomic E-state index is 2.49. The Labute approximate surface area is 82.0 Å². The molecule has 0 fully saturated rings. The molecule has 0 spiro atoms. The van der Waals surface area contributed by atoms with Crippen LogP contribution in [0.15, 0.2) is 0 Å². The lowest BCUT2D eigenvalue weighted by molar-refractivity contribution is 0.682. The molecule has 0 bridgehead atoms. The highest BCUT2D eigenvalue weighted by atomic mass is 28.3. The second-order valence-electron chi connectivity index (χ2n) is 4.20. The quantitative estimate of drug-likeness (QED) is 0.449. The van der Waals surface area contributed by atoms with Gasteiger partial charge < -0.3 is 0 Å². The minimum absolute atomic E-state index is 0.00772. The van der Waals surface area contributed by atoms with Crippen LogP contribution in [0.2, 0.25) is 31.4 Å². The maximum atomic E-state index is 2.49. The van der Waals surface area contributed by atoms with Gasteiger partial charge in [-0.05, 0) is 0 Å². The lowest BCUT2D eigenvalue weighted by atomic mass is 10.2. The molecule has 0 aromatic rings. The van der Waals surface area contributed by atoms with Crippen LogP contribution in [0.25, 0.3) is 0 Å². The number of hydrogen-bond acceptors (Lipinski definition) is 0. The van der Waals surface area contributed by atoms with Crippen molar-refractivity contribution >= 4 is 17.6 Å². The van der Waals surface area contributed by atoms with Crippen molar-refractivity contribution < 1.29 is 0 Å². The lowest BCUT2D eigenvalue weighted by Gasteiger charge is -2.22. The fourth-order valence-corrected chi connectivity index (χ4v) is 7.93. The highest BCUT2D eigenvalue weighted by molar-refractivity contribution is 6.77. The van der Waals surface area contributed by atoms with Gasteiger partial charge in [-0.15, -0.1) is 0 Å². The van der Waals surface area contributed by atoms with Crippen molar-refractivity contribution in [3.63, 3.8) is 0 Å². The molecule has 0 atom stereocenters. The SMILES string of the molecule is CCCCCC([Si](C)C)[Si](C)C. The molecule has 0 aliphatic heterocycles. The lowest BCUT2D eigenvalue weighted by Crippen LogP contribution is -2.24. The smallest absolute Gasteiger partial charge is 0.0415 e. The van der Waals surface area contributed by atoms with Gasteiger partial charge >= 0.3 is 0 Å². The maximum Gasteiger partial charge on any atom is 0.0415 e. The second kappa shape index (κ2) is 6.90. The van der Waals surface area contributed by atoms with Crippen LogP contribution < -0.4 is 0 Å². The van der Waals surface area contributed by atoms with Gasteiger partial charge in [0.15, 0.2) is 0 Å². The number of rotatable bonds is 6. The molecule has 0 aromatic heterocycles. The van der Waals surface area contributed by atoms with Gasteiger partial charge in [0.25, 0.3) is 0 Å². The van der Waals surface area contributed by atoms with E-state index in [-0.39, 0.29) is 17.6 Å². The van der Waals surface area contributed by atoms with Crippen molar-refractivity contribution in [3.8, 4) is 0 Å². The average Bonchev–Trinajstić information content (AvgIpc) is 1.96. The molecule has 0 amide bonds. The monoisotopic (exact) mass is 200 g/mol. The topological polar surface area (TPSA) is 0 Å². The third-order valence-corrected chi connectivity index (χ3v) is 9.32. The first-order valence-electron chi connectivity index (χ1n) is 5.19. The molecule has 0 aliphatic carbocycles. The van der Waals surface area contributed by atoms with E-state index in [0.29, 0.717) is 0 Å². The van der Waals surface area contributed by atoms with E-state index >= 15 is 0 Å². The van der Waals surface area contributed by atoms with Crippen LogP contribution in [0.5, 0.6) is 0 Å². The Hall–Kier alpha value is 0.434. The van der Waals surface area contributed by atoms with Crippen molar-refractivity contribution in [3.05, 3.63) is 0 Å². The molecule has 72 valence electrons. The van der Waals surface area contributed by atoms with Gasteiger partial charge in [0.2, 0.25) is 0 Å². The zero-order chi connectivity index (χ0) is 9.56. The standard InChI is InChI=1S/C10H24Si2/c1-6-7-8-9-10(11(2)3)12(4)5/h10H,6-9H2,1-5H3. The van der Waals surface area contributed by atoms with Gasteiger partial charge in [-0.2, -0.15) is 0 Å². The summed E-state index contributed by atoms with van der Waals surface area (Å²) in [5.74, 6) is 0. The third-order valence-electron chi connectivity index (χ3n) is 2.49. The highest BCUT2D eigenvalue weighted by Crippen LogP contribution is 2.22. The Bertz CT molecular complexity index is 92.0. The fourth-order valence-electron chi connectivity index (χ4n) is 1.75. The van der Waals surface area contributed by atoms with Crippen LogP contribution >= 0.6 is 0 Å². The van der Waals surface area contributed by atoms with E-state index in [1.54, 1.807) is 0 Å². The van der Waals surface area contributed by atoms with Crippen LogP contribution in [0.3, 0.4) is 0 Å². The Morgan fingerprint density at radius 3 is 1.75 bits per heavy atom. The summed E-state index contributed by atoms with van der Waals surface area (Å²) < 4.78 is 0. The molecule has 2 radical (unpaired) electrons. The van der Waals surface area contributed by atoms with Gasteiger partial charge in [0.1, 0.15) is 0 Å². The molecule has 0 aliphatic rings. The van der Waals surface area contributed by atoms with Crippen LogP contribution in [0.4, 0.5) is 0 Å². The van der Waals surface area contributed by atoms with Gasteiger partial charge in [-0.3, -0.25) is 0 Å². The molecule has 0 unspecified atom stereocenters. The summed E-state index contributed by atoms with van der Waals surface area (Å²) in [7, 11) is -0.0154. The van der Waals surface area contributed by atoms with E-state index in [4.69, 9.17) is 0 Å². The molecule has 0 rings (SSSR count). The molecular formula is C10H24Si2. The van der Waals surface area contributed by atoms with Crippen LogP contribution in [-0.2, 0) is 0 Å². The summed E-state index contributed by atoms with van der Waals surface area (Å²) >= 11 is 0. The zero-order valence-electron chi connectivity index (χ0n) is 9.41. The molecule has 0 saturated heterocycles. The fraction of sp³-hybridized carbons (Fsp3) is 1.00. The van der Waals surface area contributed by atoms with Gasteiger partial charge in [0.05, 0.1) is 0 Å². The summed E-state index contributed by atoms with van der Waals surface area (Å²) in [6, 6.07) is 0. The third kappa shape index (κ3) is 5.15. The summed E-state index contributed by atoms with van der Waals surface area (Å²) in [4.78, 5) is 0. The van der Waals surface area contributed by atoms with Crippen molar-refractivity contribution in [2.75, 3.05) is 0 Å². The normalized spacial score (nSPS) is 12.0. The molecule has 0 heterocycles. The molecular weight excluding hydrogens is 176 g/mol. The summed E-state index contributed by atoms with van der Waals surface area (Å²) in [5, 5.41) is 1.14. The van der Waals surface area contributed by atoms with Gasteiger partial charge in [-0.1, -0.05) is 64.0 Å². The van der Waals surface area contributed by atoms with Crippen molar-refractivity contribution in [1.29, 1.82) is 0 Å². The minimum atomic E-state index is -0.00772. The van der Waals surface area contributed by atoms with Crippen LogP contribution in [0, 0.1) is 0 Å². The van der Waals surface area contributed by atoms with Crippen LogP contribution in [0.1, 0.15) is 32.6 Å². The summed E-state index contributed by atoms with van der Waals surface area (Å²) in [6.45, 7) is 12.2. The van der Waals surface area contributed by atoms with E-state index in [1.165, 1.54) is 25.7 Å². The van der Waals surface area contributed by atoms with E-state index in [1.807, 2.05) is 0 Å². The minimum Gasteiger partial charge on any atom is -0.0713 e. The molecule has 0 N–H and O–H groups in total. The number of hydrogen-bond donors (Lipinski definition) is 0. The van der Waals surface area contributed by atoms with Crippen LogP contribution in [-0.4, -0.2) is 17.6 Å². The number of unbranched alkanes of at least 4 members (excludes halogenated alkanes) is 2. The van der Waals surface area contributed by atoms with E-state index in [9.17, 15) is 0 Å². The molecule has 12 heavy (non-hydrogen) atoms. The van der Waals surface area contributed by atoms with Gasteiger partial charge in [-0.25, -0.2) is 0 Å². The predicted molar refractivity (Wildman–Crippen MR) is 62.9 cm³/mol. The van der Waals surface area contributed by atoms with Crippen molar-refractivity contribution in [2.24, 2.45) is 0 Å². The first kappa shape index (κ1) is 12.4. The largest absolute Gasteiger partial charge is 0.0713 e. The van der Waals surface area contributed by atoms with Crippen molar-refractivity contribution in [2.45, 2.75) is 64.0 Å². The first-order valence-corrected chi connectivity index (χ1v) is 10.3.